The quantitative estimate of drug-likeness (QED) is 0.236. The zero-order valence-electron chi connectivity index (χ0n) is 22.3. The van der Waals surface area contributed by atoms with Crippen LogP contribution in [-0.2, 0) is 40.4 Å². The van der Waals surface area contributed by atoms with Crippen LogP contribution in [0.1, 0.15) is 23.0 Å². The van der Waals surface area contributed by atoms with E-state index in [4.69, 9.17) is 27.1 Å². The summed E-state index contributed by atoms with van der Waals surface area (Å²) in [5, 5.41) is 25.7. The van der Waals surface area contributed by atoms with Crippen molar-refractivity contribution in [1.29, 1.82) is 0 Å². The highest BCUT2D eigenvalue weighted by atomic mass is 31.3. The molecule has 6 rings (SSSR count). The number of aromatic nitrogens is 3. The largest absolute Gasteiger partial charge is 0.539 e. The normalized spacial score (nSPS) is 26.6. The summed E-state index contributed by atoms with van der Waals surface area (Å²) in [6.45, 7) is 0.373. The number of fused-ring (bicyclic) bond motifs is 2. The Morgan fingerprint density at radius 2 is 1.91 bits per heavy atom. The van der Waals surface area contributed by atoms with Crippen LogP contribution >= 0.6 is 15.6 Å². The zero-order valence-corrected chi connectivity index (χ0v) is 24.1. The molecule has 1 fully saturated rings. The van der Waals surface area contributed by atoms with E-state index in [1.54, 1.807) is 49.4 Å². The maximum atomic E-state index is 13.3. The second kappa shape index (κ2) is 11.2. The Hall–Kier alpha value is -3.43. The fourth-order valence-electron chi connectivity index (χ4n) is 4.77. The topological polar surface area (TPSA) is 211 Å². The van der Waals surface area contributed by atoms with E-state index in [1.807, 2.05) is 0 Å². The van der Waals surface area contributed by atoms with Crippen molar-refractivity contribution in [3.63, 3.8) is 0 Å². The predicted octanol–water partition coefficient (Wildman–Crippen LogP) is 1.98. The standard InChI is InChI=1S/C25H25N3O13P2/c1-14-5-4-6-15-12-37-43(35,40-23(14)15)41-42(33,34)36-13-19-21(30)22(31)24(38-19)27-10-9-20(29)28(25(27)32)11-17-16-7-2-3-8-18(16)39-26-17/h2-10,19,21-22,24,30-31H,11-13H2,1H3,(H,33,34)/t19-,21?,22?,24-,43?/m1/s1. The minimum atomic E-state index is -5.14. The lowest BCUT2D eigenvalue weighted by molar-refractivity contribution is -0.0548. The third-order valence-electron chi connectivity index (χ3n) is 6.95. The third-order valence-corrected chi connectivity index (χ3v) is 9.90. The lowest BCUT2D eigenvalue weighted by Gasteiger charge is -2.27. The van der Waals surface area contributed by atoms with E-state index >= 15 is 0 Å². The third kappa shape index (κ3) is 5.77. The summed E-state index contributed by atoms with van der Waals surface area (Å²) in [7, 11) is -9.72. The molecule has 2 aliphatic rings. The number of hydrogen-bond donors (Lipinski definition) is 3. The van der Waals surface area contributed by atoms with Crippen LogP contribution in [0.15, 0.2) is 68.8 Å². The summed E-state index contributed by atoms with van der Waals surface area (Å²) < 4.78 is 58.1. The highest BCUT2D eigenvalue weighted by Gasteiger charge is 2.47. The number of phosphoric acid groups is 2. The Bertz CT molecular complexity index is 1900. The highest BCUT2D eigenvalue weighted by Crippen LogP contribution is 2.65. The number of aliphatic hydroxyl groups is 2. The number of para-hydroxylation sites is 2. The van der Waals surface area contributed by atoms with Gasteiger partial charge >= 0.3 is 21.3 Å². The molecule has 2 aromatic heterocycles. The van der Waals surface area contributed by atoms with Crippen molar-refractivity contribution >= 4 is 26.6 Å². The number of benzene rings is 2. The molecule has 43 heavy (non-hydrogen) atoms. The van der Waals surface area contributed by atoms with Gasteiger partial charge in [0.1, 0.15) is 29.8 Å². The van der Waals surface area contributed by atoms with Gasteiger partial charge in [0, 0.05) is 23.2 Å². The van der Waals surface area contributed by atoms with E-state index in [-0.39, 0.29) is 18.9 Å². The van der Waals surface area contributed by atoms with Gasteiger partial charge in [0.15, 0.2) is 11.8 Å². The summed E-state index contributed by atoms with van der Waals surface area (Å²) in [5.74, 6) is 0.182. The van der Waals surface area contributed by atoms with E-state index in [0.717, 1.165) is 21.4 Å². The van der Waals surface area contributed by atoms with E-state index in [2.05, 4.69) is 5.16 Å². The Morgan fingerprint density at radius 1 is 1.12 bits per heavy atom. The van der Waals surface area contributed by atoms with Gasteiger partial charge in [-0.05, 0) is 24.6 Å². The summed E-state index contributed by atoms with van der Waals surface area (Å²) in [5.41, 5.74) is 0.361. The van der Waals surface area contributed by atoms with Crippen LogP contribution in [0.3, 0.4) is 0 Å². The fraction of sp³-hybridized carbons (Fsp3) is 0.320. The first-order chi connectivity index (χ1) is 20.4. The Labute approximate surface area is 241 Å². The number of aryl methyl sites for hydroxylation is 1. The van der Waals surface area contributed by atoms with Gasteiger partial charge in [0.05, 0.1) is 19.8 Å². The average molecular weight is 637 g/mol. The molecule has 0 saturated carbocycles. The first kappa shape index (κ1) is 29.6. The van der Waals surface area contributed by atoms with Crippen molar-refractivity contribution in [2.45, 2.75) is 44.6 Å². The number of rotatable bonds is 8. The molecule has 4 unspecified atom stereocenters. The second-order valence-corrected chi connectivity index (χ2v) is 13.0. The maximum Gasteiger partial charge on any atom is 0.539 e. The van der Waals surface area contributed by atoms with Gasteiger partial charge in [-0.15, -0.1) is 0 Å². The summed E-state index contributed by atoms with van der Waals surface area (Å²) in [4.78, 5) is 36.1. The Balaban J connectivity index is 1.15. The lowest BCUT2D eigenvalue weighted by atomic mass is 10.1. The van der Waals surface area contributed by atoms with Crippen molar-refractivity contribution in [2.24, 2.45) is 0 Å². The minimum Gasteiger partial charge on any atom is -0.403 e. The highest BCUT2D eigenvalue weighted by molar-refractivity contribution is 7.62. The second-order valence-electron chi connectivity index (χ2n) is 9.82. The molecule has 16 nitrogen and oxygen atoms in total. The fourth-order valence-corrected chi connectivity index (χ4v) is 7.46. The van der Waals surface area contributed by atoms with Crippen LogP contribution in [0.25, 0.3) is 11.0 Å². The molecule has 2 aliphatic heterocycles. The summed E-state index contributed by atoms with van der Waals surface area (Å²) in [6.07, 6.45) is -5.31. The van der Waals surface area contributed by atoms with Crippen LogP contribution in [0.4, 0.5) is 0 Å². The Morgan fingerprint density at radius 3 is 2.72 bits per heavy atom. The van der Waals surface area contributed by atoms with Crippen molar-refractivity contribution < 1.29 is 51.4 Å². The van der Waals surface area contributed by atoms with E-state index < -0.39 is 58.0 Å². The van der Waals surface area contributed by atoms with Gasteiger partial charge in [-0.2, -0.15) is 4.31 Å². The zero-order chi connectivity index (χ0) is 30.5. The van der Waals surface area contributed by atoms with Crippen LogP contribution in [0.2, 0.25) is 0 Å². The van der Waals surface area contributed by atoms with Crippen LogP contribution < -0.4 is 15.8 Å². The van der Waals surface area contributed by atoms with Gasteiger partial charge in [-0.1, -0.05) is 35.5 Å². The van der Waals surface area contributed by atoms with Gasteiger partial charge in [-0.25, -0.2) is 13.9 Å². The first-order valence-electron chi connectivity index (χ1n) is 12.8. The maximum absolute atomic E-state index is 13.3. The van der Waals surface area contributed by atoms with E-state index in [1.165, 1.54) is 0 Å². The molecule has 4 aromatic rings. The molecule has 0 bridgehead atoms. The molecule has 18 heteroatoms. The molecule has 2 aromatic carbocycles. The average Bonchev–Trinajstić information content (AvgIpc) is 3.50. The van der Waals surface area contributed by atoms with E-state index in [0.29, 0.717) is 27.8 Å². The van der Waals surface area contributed by atoms with Gasteiger partial charge in [-0.3, -0.25) is 23.0 Å². The summed E-state index contributed by atoms with van der Waals surface area (Å²) in [6, 6.07) is 13.0. The molecular weight excluding hydrogens is 612 g/mol. The monoisotopic (exact) mass is 637 g/mol. The van der Waals surface area contributed by atoms with Crippen molar-refractivity contribution in [1.82, 2.24) is 14.3 Å². The van der Waals surface area contributed by atoms with Crippen LogP contribution in [-0.4, -0.2) is 54.3 Å². The van der Waals surface area contributed by atoms with Crippen molar-refractivity contribution in [3.05, 3.63) is 92.4 Å². The smallest absolute Gasteiger partial charge is 0.403 e. The molecule has 4 heterocycles. The summed E-state index contributed by atoms with van der Waals surface area (Å²) >= 11 is 0. The molecule has 1 saturated heterocycles. The molecule has 0 spiro atoms. The lowest BCUT2D eigenvalue weighted by Crippen LogP contribution is -2.43. The molecular formula is C25H25N3O13P2. The SMILES string of the molecule is Cc1cccc2c1OP(=O)(OP(=O)(O)OC[C@H]1O[C@@H](n3ccc(=O)n(Cc4noc5ccccc45)c3=O)C(O)C1O)OC2. The number of phosphoric ester groups is 2. The molecule has 0 radical (unpaired) electrons. The van der Waals surface area contributed by atoms with Crippen LogP contribution in [0.5, 0.6) is 5.75 Å². The molecule has 3 N–H and O–H groups in total. The number of ether oxygens (including phenoxy) is 1. The van der Waals surface area contributed by atoms with Crippen LogP contribution in [0, 0.1) is 6.92 Å². The van der Waals surface area contributed by atoms with Crippen molar-refractivity contribution in [3.8, 4) is 5.75 Å². The first-order valence-corrected chi connectivity index (χ1v) is 15.8. The number of nitrogens with zero attached hydrogens (tertiary/aromatic N) is 3. The molecule has 0 aliphatic carbocycles. The minimum absolute atomic E-state index is 0.182. The Kier molecular flexibility index (Phi) is 7.75. The predicted molar refractivity (Wildman–Crippen MR) is 145 cm³/mol. The van der Waals surface area contributed by atoms with Gasteiger partial charge in [0.25, 0.3) is 5.56 Å². The number of aliphatic hydroxyl groups excluding tert-OH is 2. The molecule has 228 valence electrons. The number of hydrogen-bond acceptors (Lipinski definition) is 13. The van der Waals surface area contributed by atoms with Gasteiger partial charge < -0.3 is 28.9 Å². The van der Waals surface area contributed by atoms with Gasteiger partial charge in [0.2, 0.25) is 0 Å². The molecule has 6 atom stereocenters. The van der Waals surface area contributed by atoms with E-state index in [9.17, 15) is 33.8 Å². The molecule has 0 amide bonds. The van der Waals surface area contributed by atoms with Crippen molar-refractivity contribution in [2.75, 3.05) is 6.61 Å².